The van der Waals surface area contributed by atoms with E-state index >= 15 is 0 Å². The molecule has 13 nitrogen and oxygen atoms in total. The Morgan fingerprint density at radius 2 is 0.726 bits per heavy atom. The minimum atomic E-state index is -0.207. The number of hydrazone groups is 4. The largest absolute Gasteiger partial charge is 0.280 e. The van der Waals surface area contributed by atoms with Gasteiger partial charge in [-0.15, -0.1) is 0 Å². The molecule has 4 heterocycles. The van der Waals surface area contributed by atoms with Crippen LogP contribution in [-0.4, -0.2) is 69.8 Å². The van der Waals surface area contributed by atoms with Gasteiger partial charge in [0.05, 0.1) is 71.8 Å². The van der Waals surface area contributed by atoms with E-state index in [1.165, 1.54) is 203 Å². The Balaban J connectivity index is 0.000000140. The first kappa shape index (κ1) is 82.5. The molecule has 0 bridgehead atoms. The Bertz CT molecular complexity index is 5180. The highest BCUT2D eigenvalue weighted by atomic mass is 32.1. The molecule has 2 fully saturated rings. The maximum Gasteiger partial charge on any atom is 0.280 e. The molecule has 0 saturated heterocycles. The first-order chi connectivity index (χ1) is 55.2. The summed E-state index contributed by atoms with van der Waals surface area (Å²) in [7, 11) is 0. The van der Waals surface area contributed by atoms with Crippen LogP contribution >= 0.6 is 45.3 Å². The first-order valence-electron chi connectivity index (χ1n) is 40.8. The van der Waals surface area contributed by atoms with Crippen molar-refractivity contribution in [3.63, 3.8) is 0 Å². The number of rotatable bonds is 27. The maximum absolute atomic E-state index is 13.2. The Hall–Kier alpha value is -9.91. The summed E-state index contributed by atoms with van der Waals surface area (Å²) in [5.74, 6) is 0.503. The molecule has 15 rings (SSSR count). The number of thiazole rings is 4. The average Bonchev–Trinajstić information content (AvgIpc) is 1.67. The molecule has 9 aromatic carbocycles. The van der Waals surface area contributed by atoms with Crippen molar-refractivity contribution < 1.29 is 4.79 Å². The van der Waals surface area contributed by atoms with Crippen molar-refractivity contribution >= 4 is 138 Å². The van der Waals surface area contributed by atoms with Gasteiger partial charge >= 0.3 is 0 Å². The van der Waals surface area contributed by atoms with Gasteiger partial charge in [0.2, 0.25) is 20.5 Å². The maximum atomic E-state index is 13.2. The van der Waals surface area contributed by atoms with Gasteiger partial charge in [-0.05, 0) is 199 Å². The number of fused-ring (bicyclic) bond motifs is 4. The summed E-state index contributed by atoms with van der Waals surface area (Å²) in [5, 5.41) is 30.7. The number of aryl methyl sites for hydroxylation is 8. The van der Waals surface area contributed by atoms with Gasteiger partial charge in [0.1, 0.15) is 0 Å². The zero-order valence-electron chi connectivity index (χ0n) is 67.5. The molecule has 2 saturated carbocycles. The number of benzene rings is 9. The molecule has 2 aliphatic rings. The molecule has 113 heavy (non-hydrogen) atoms. The summed E-state index contributed by atoms with van der Waals surface area (Å²) in [6.07, 6.45) is 34.2. The fraction of sp³-hybridized carbons (Fsp3) is 0.344. The monoisotopic (exact) mass is 1570 g/mol. The van der Waals surface area contributed by atoms with Crippen LogP contribution in [0.15, 0.2) is 221 Å². The standard InChI is InChI=1S/C28H39N3S.C23H19N3OS.C23H27N3S.C22H25N3S/c1-4-5-6-7-8-9-10-11-12-15-20-31(28-30-26-16-13-14-17-27(26)32-28)29-22-25-21-23(2)18-19-24(25)3;1-16-12-13-17(2)19(14-16)15-24-26(22(27)18-8-4-3-5-9-18)23-25-20-10-6-7-11-21(20)28-23;1-17-12-13-18(2)20(14-17)15-24-26(16-19-8-4-3-5-9-19)23-25-21-10-6-7-11-22(21)27-23;1-16-12-13-17(2)18(14-16)15-23-25(19-8-4-3-5-9-19)22-24-20-10-6-7-11-21(20)26-22/h13-14,16-19,21-22H,4-12,15,20H2,1-3H3;3-15H,1-2H3;6-7,10-15,19H,3-5,8-9,16H2,1-2H3;6-7,10-15,19H,3-5,8-9H2,1-2H3/b29-22+;2*24-15+;23-15+. The Morgan fingerprint density at radius 1 is 0.372 bits per heavy atom. The summed E-state index contributed by atoms with van der Waals surface area (Å²) in [6, 6.07) is 68.3. The minimum absolute atomic E-state index is 0.207. The molecule has 0 unspecified atom stereocenters. The van der Waals surface area contributed by atoms with Crippen molar-refractivity contribution in [1.29, 1.82) is 0 Å². The fourth-order valence-electron chi connectivity index (χ4n) is 14.2. The van der Waals surface area contributed by atoms with Gasteiger partial charge < -0.3 is 0 Å². The second-order valence-corrected chi connectivity index (χ2v) is 34.3. The number of carbonyl (C=O) groups excluding carboxylic acids is 1. The van der Waals surface area contributed by atoms with Crippen LogP contribution in [0.5, 0.6) is 0 Å². The molecule has 13 aromatic rings. The number of amides is 1. The number of para-hydroxylation sites is 4. The van der Waals surface area contributed by atoms with E-state index in [0.29, 0.717) is 22.7 Å². The quantitative estimate of drug-likeness (QED) is 0.0283. The molecule has 0 radical (unpaired) electrons. The van der Waals surface area contributed by atoms with Gasteiger partial charge in [-0.25, -0.2) is 35.0 Å². The van der Waals surface area contributed by atoms with Crippen molar-refractivity contribution in [3.05, 3.63) is 273 Å². The highest BCUT2D eigenvalue weighted by Crippen LogP contribution is 2.37. The number of anilines is 4. The molecule has 4 aromatic heterocycles. The van der Waals surface area contributed by atoms with Crippen molar-refractivity contribution in [2.24, 2.45) is 26.3 Å². The van der Waals surface area contributed by atoms with E-state index in [-0.39, 0.29) is 5.91 Å². The Kier molecular flexibility index (Phi) is 30.9. The Morgan fingerprint density at radius 3 is 1.18 bits per heavy atom. The van der Waals surface area contributed by atoms with Crippen LogP contribution in [-0.2, 0) is 0 Å². The number of carbonyl (C=O) groups is 1. The highest BCUT2D eigenvalue weighted by Gasteiger charge is 2.26. The van der Waals surface area contributed by atoms with Gasteiger partial charge in [-0.1, -0.05) is 310 Å². The summed E-state index contributed by atoms with van der Waals surface area (Å²) in [6.45, 7) is 21.0. The molecule has 0 N–H and O–H groups in total. The van der Waals surface area contributed by atoms with Gasteiger partial charge in [0, 0.05) is 18.7 Å². The van der Waals surface area contributed by atoms with Crippen LogP contribution in [0.25, 0.3) is 40.9 Å². The zero-order chi connectivity index (χ0) is 78.7. The van der Waals surface area contributed by atoms with E-state index in [4.69, 9.17) is 30.3 Å². The lowest BCUT2D eigenvalue weighted by molar-refractivity contribution is 0.0987. The summed E-state index contributed by atoms with van der Waals surface area (Å²) in [4.78, 5) is 32.4. The van der Waals surface area contributed by atoms with Gasteiger partial charge in [-0.2, -0.15) is 25.4 Å². The van der Waals surface area contributed by atoms with E-state index in [2.05, 4.69) is 219 Å². The second kappa shape index (κ2) is 42.3. The van der Waals surface area contributed by atoms with Crippen LogP contribution in [0.2, 0.25) is 0 Å². The first-order valence-corrected chi connectivity index (χ1v) is 44.1. The molecule has 17 heteroatoms. The summed E-state index contributed by atoms with van der Waals surface area (Å²) < 4.78 is 4.69. The minimum Gasteiger partial charge on any atom is -0.267 e. The SMILES string of the molecule is CCCCCCCCCCCCN(/N=C/c1cc(C)ccc1C)c1nc2ccccc2s1.Cc1ccc(C)c(/C=N/N(C(=O)c2ccccc2)c2nc3ccccc3s2)c1.Cc1ccc(C)c(/C=N/N(CC2CCCCC2)c2nc3ccccc3s2)c1.Cc1ccc(C)c(/C=N/N(c2nc3ccccc3s2)C2CCCCC2)c1. The normalized spacial score (nSPS) is 13.4. The number of aromatic nitrogens is 4. The van der Waals surface area contributed by atoms with Crippen molar-refractivity contribution in [2.75, 3.05) is 33.1 Å². The molecular weight excluding hydrogens is 1470 g/mol. The zero-order valence-corrected chi connectivity index (χ0v) is 70.7. The van der Waals surface area contributed by atoms with Gasteiger partial charge in [-0.3, -0.25) is 4.79 Å². The van der Waals surface area contributed by atoms with Crippen LogP contribution in [0.4, 0.5) is 20.5 Å². The lowest BCUT2D eigenvalue weighted by atomic mass is 9.89. The van der Waals surface area contributed by atoms with Crippen LogP contribution in [0.3, 0.4) is 0 Å². The summed E-state index contributed by atoms with van der Waals surface area (Å²) in [5.41, 5.74) is 18.9. The van der Waals surface area contributed by atoms with Gasteiger partial charge in [0.15, 0.2) is 0 Å². The fourth-order valence-corrected chi connectivity index (χ4v) is 18.0. The molecule has 2 aliphatic carbocycles. The van der Waals surface area contributed by atoms with Crippen molar-refractivity contribution in [3.8, 4) is 0 Å². The molecule has 0 atom stereocenters. The van der Waals surface area contributed by atoms with Crippen LogP contribution < -0.4 is 20.0 Å². The van der Waals surface area contributed by atoms with Crippen LogP contribution in [0, 0.1) is 61.3 Å². The second-order valence-electron chi connectivity index (χ2n) is 30.3. The Labute approximate surface area is 686 Å². The smallest absolute Gasteiger partial charge is 0.267 e. The molecule has 584 valence electrons. The lowest BCUT2D eigenvalue weighted by Gasteiger charge is -2.30. The lowest BCUT2D eigenvalue weighted by Crippen LogP contribution is -2.32. The predicted octanol–water partition coefficient (Wildman–Crippen LogP) is 26.7. The number of hydrogen-bond acceptors (Lipinski definition) is 16. The van der Waals surface area contributed by atoms with Crippen LogP contribution in [0.1, 0.15) is 212 Å². The van der Waals surface area contributed by atoms with E-state index in [1.54, 1.807) is 52.4 Å². The van der Waals surface area contributed by atoms with E-state index < -0.39 is 0 Å². The van der Waals surface area contributed by atoms with Crippen molar-refractivity contribution in [1.82, 2.24) is 19.9 Å². The third-order valence-corrected chi connectivity index (χ3v) is 25.1. The molecule has 0 aliphatic heterocycles. The number of hydrogen-bond donors (Lipinski definition) is 0. The van der Waals surface area contributed by atoms with E-state index in [1.807, 2.05) is 75.0 Å². The van der Waals surface area contributed by atoms with E-state index in [0.717, 1.165) is 78.4 Å². The summed E-state index contributed by atoms with van der Waals surface area (Å²) >= 11 is 6.66. The third kappa shape index (κ3) is 24.1. The number of unbranched alkanes of at least 4 members (excludes halogenated alkanes) is 9. The molecule has 0 spiro atoms. The number of nitrogens with zero attached hydrogens (tertiary/aromatic N) is 12. The van der Waals surface area contributed by atoms with Gasteiger partial charge in [0.25, 0.3) is 5.91 Å². The highest BCUT2D eigenvalue weighted by molar-refractivity contribution is 7.23. The average molecular weight is 1580 g/mol. The molecular formula is C96H110N12OS4. The predicted molar refractivity (Wildman–Crippen MR) is 488 cm³/mol. The molecule has 1 amide bonds. The van der Waals surface area contributed by atoms with E-state index in [9.17, 15) is 4.79 Å². The topological polar surface area (TPSA) is 131 Å². The van der Waals surface area contributed by atoms with Crippen molar-refractivity contribution in [2.45, 2.75) is 197 Å². The third-order valence-electron chi connectivity index (χ3n) is 21.0.